The molecule has 1 amide bonds. The highest BCUT2D eigenvalue weighted by molar-refractivity contribution is 7.21. The third kappa shape index (κ3) is 4.81. The highest BCUT2D eigenvalue weighted by atomic mass is 32.1. The zero-order valence-corrected chi connectivity index (χ0v) is 18.2. The van der Waals surface area contributed by atoms with E-state index in [2.05, 4.69) is 10.3 Å². The van der Waals surface area contributed by atoms with E-state index in [1.807, 2.05) is 54.6 Å². The van der Waals surface area contributed by atoms with Crippen molar-refractivity contribution in [3.63, 3.8) is 0 Å². The maximum Gasteiger partial charge on any atom is 0.251 e. The molecule has 0 aliphatic carbocycles. The van der Waals surface area contributed by atoms with Crippen molar-refractivity contribution < 1.29 is 14.3 Å². The molecule has 4 aromatic rings. The zero-order valence-electron chi connectivity index (χ0n) is 17.3. The molecule has 0 fully saturated rings. The number of Topliss-reactive ketones (excluding diaryl/α,β-unsaturated/α-hetero) is 1. The number of aromatic nitrogens is 1. The Morgan fingerprint density at radius 3 is 2.55 bits per heavy atom. The van der Waals surface area contributed by atoms with E-state index in [9.17, 15) is 9.59 Å². The van der Waals surface area contributed by atoms with Crippen LogP contribution in [0.5, 0.6) is 5.75 Å². The van der Waals surface area contributed by atoms with Gasteiger partial charge in [0.1, 0.15) is 10.8 Å². The summed E-state index contributed by atoms with van der Waals surface area (Å²) in [6.07, 6.45) is 0.745. The number of nitrogens with one attached hydrogen (secondary N) is 1. The molecule has 0 unspecified atom stereocenters. The van der Waals surface area contributed by atoms with E-state index in [0.29, 0.717) is 17.7 Å². The molecule has 156 valence electrons. The number of hydrogen-bond acceptors (Lipinski definition) is 5. The fourth-order valence-corrected chi connectivity index (χ4v) is 4.28. The van der Waals surface area contributed by atoms with E-state index in [-0.39, 0.29) is 11.7 Å². The average Bonchev–Trinajstić information content (AvgIpc) is 3.23. The van der Waals surface area contributed by atoms with Gasteiger partial charge in [-0.05, 0) is 55.3 Å². The number of rotatable bonds is 7. The summed E-state index contributed by atoms with van der Waals surface area (Å²) in [5, 5.41) is 3.80. The Balaban J connectivity index is 1.45. The second-order valence-corrected chi connectivity index (χ2v) is 8.22. The Morgan fingerprint density at radius 1 is 1.00 bits per heavy atom. The van der Waals surface area contributed by atoms with Crippen molar-refractivity contribution in [2.45, 2.75) is 13.3 Å². The quantitative estimate of drug-likeness (QED) is 0.412. The van der Waals surface area contributed by atoms with E-state index >= 15 is 0 Å². The normalized spacial score (nSPS) is 10.8. The first kappa shape index (κ1) is 20.8. The Hall–Kier alpha value is -3.51. The fourth-order valence-electron chi connectivity index (χ4n) is 3.28. The first-order chi connectivity index (χ1) is 15.0. The van der Waals surface area contributed by atoms with Crippen LogP contribution in [0.3, 0.4) is 0 Å². The number of methoxy groups -OCH3 is 1. The van der Waals surface area contributed by atoms with Gasteiger partial charge in [0.05, 0.1) is 17.3 Å². The van der Waals surface area contributed by atoms with Crippen molar-refractivity contribution in [1.29, 1.82) is 0 Å². The monoisotopic (exact) mass is 430 g/mol. The number of fused-ring (bicyclic) bond motifs is 1. The lowest BCUT2D eigenvalue weighted by Gasteiger charge is -2.06. The molecule has 3 aromatic carbocycles. The highest BCUT2D eigenvalue weighted by Crippen LogP contribution is 2.31. The van der Waals surface area contributed by atoms with Gasteiger partial charge in [-0.2, -0.15) is 0 Å². The zero-order chi connectivity index (χ0) is 21.8. The van der Waals surface area contributed by atoms with E-state index in [1.165, 1.54) is 11.3 Å². The smallest absolute Gasteiger partial charge is 0.251 e. The molecule has 1 aromatic heterocycles. The summed E-state index contributed by atoms with van der Waals surface area (Å²) in [6.45, 7) is 2.10. The SMILES string of the molecule is COc1ccc(CCNC(=O)c2ccc3nc(-c4cccc(C(C)=O)c4)sc3c2)cc1. The second-order valence-electron chi connectivity index (χ2n) is 7.19. The lowest BCUT2D eigenvalue weighted by atomic mass is 10.1. The molecule has 1 N–H and O–H groups in total. The Kier molecular flexibility index (Phi) is 6.09. The molecule has 4 rings (SSSR count). The Morgan fingerprint density at radius 2 is 1.81 bits per heavy atom. The molecule has 0 saturated carbocycles. The average molecular weight is 431 g/mol. The van der Waals surface area contributed by atoms with Gasteiger partial charge >= 0.3 is 0 Å². The number of benzene rings is 3. The minimum absolute atomic E-state index is 0.0246. The van der Waals surface area contributed by atoms with Crippen LogP contribution in [-0.2, 0) is 6.42 Å². The van der Waals surface area contributed by atoms with Crippen molar-refractivity contribution in [2.75, 3.05) is 13.7 Å². The lowest BCUT2D eigenvalue weighted by Crippen LogP contribution is -2.25. The van der Waals surface area contributed by atoms with Crippen LogP contribution >= 0.6 is 11.3 Å². The number of ketones is 1. The third-order valence-electron chi connectivity index (χ3n) is 5.02. The first-order valence-corrected chi connectivity index (χ1v) is 10.8. The van der Waals surface area contributed by atoms with Crippen LogP contribution in [0.15, 0.2) is 66.7 Å². The molecule has 1 heterocycles. The summed E-state index contributed by atoms with van der Waals surface area (Å²) in [5.41, 5.74) is 4.14. The van der Waals surface area contributed by atoms with Gasteiger partial charge in [0.2, 0.25) is 0 Å². The summed E-state index contributed by atoms with van der Waals surface area (Å²) >= 11 is 1.51. The molecule has 0 spiro atoms. The molecule has 6 heteroatoms. The van der Waals surface area contributed by atoms with Crippen LogP contribution in [-0.4, -0.2) is 30.3 Å². The molecule has 0 aliphatic heterocycles. The van der Waals surface area contributed by atoms with E-state index in [0.717, 1.165) is 38.5 Å². The molecule has 5 nitrogen and oxygen atoms in total. The molecule has 0 radical (unpaired) electrons. The first-order valence-electron chi connectivity index (χ1n) is 9.96. The number of carbonyl (C=O) groups excluding carboxylic acids is 2. The fraction of sp³-hybridized carbons (Fsp3) is 0.160. The molecule has 0 bridgehead atoms. The summed E-state index contributed by atoms with van der Waals surface area (Å²) in [5.74, 6) is 0.735. The van der Waals surface area contributed by atoms with Gasteiger partial charge < -0.3 is 10.1 Å². The van der Waals surface area contributed by atoms with Gasteiger partial charge in [-0.1, -0.05) is 30.3 Å². The van der Waals surface area contributed by atoms with Gasteiger partial charge in [0.15, 0.2) is 5.78 Å². The maximum atomic E-state index is 12.6. The maximum absolute atomic E-state index is 12.6. The van der Waals surface area contributed by atoms with Crippen LogP contribution in [0.4, 0.5) is 0 Å². The number of hydrogen-bond donors (Lipinski definition) is 1. The molecular weight excluding hydrogens is 408 g/mol. The molecule has 0 atom stereocenters. The van der Waals surface area contributed by atoms with Gasteiger partial charge in [0, 0.05) is 23.2 Å². The van der Waals surface area contributed by atoms with Gasteiger partial charge in [0.25, 0.3) is 5.91 Å². The predicted octanol–water partition coefficient (Wildman–Crippen LogP) is 5.15. The van der Waals surface area contributed by atoms with Crippen molar-refractivity contribution in [3.8, 4) is 16.3 Å². The number of thiazole rings is 1. The van der Waals surface area contributed by atoms with Gasteiger partial charge in [-0.25, -0.2) is 4.98 Å². The number of amides is 1. The largest absolute Gasteiger partial charge is 0.497 e. The molecule has 0 saturated heterocycles. The highest BCUT2D eigenvalue weighted by Gasteiger charge is 2.11. The van der Waals surface area contributed by atoms with Crippen LogP contribution in [0, 0.1) is 0 Å². The summed E-state index contributed by atoms with van der Waals surface area (Å²) < 4.78 is 6.10. The number of carbonyl (C=O) groups is 2. The molecule has 31 heavy (non-hydrogen) atoms. The van der Waals surface area contributed by atoms with Gasteiger partial charge in [-0.15, -0.1) is 11.3 Å². The minimum Gasteiger partial charge on any atom is -0.497 e. The van der Waals surface area contributed by atoms with E-state index in [4.69, 9.17) is 4.74 Å². The van der Waals surface area contributed by atoms with Crippen LogP contribution in [0.25, 0.3) is 20.8 Å². The standard InChI is InChI=1S/C25H22N2O3S/c1-16(28)18-4-3-5-20(14-18)25-27-22-11-8-19(15-23(22)31-25)24(29)26-13-12-17-6-9-21(30-2)10-7-17/h3-11,14-15H,12-13H2,1-2H3,(H,26,29). The summed E-state index contributed by atoms with van der Waals surface area (Å²) in [7, 11) is 1.64. The number of nitrogens with zero attached hydrogens (tertiary/aromatic N) is 1. The van der Waals surface area contributed by atoms with Gasteiger partial charge in [-0.3, -0.25) is 9.59 Å². The topological polar surface area (TPSA) is 68.3 Å². The summed E-state index contributed by atoms with van der Waals surface area (Å²) in [4.78, 5) is 28.9. The lowest BCUT2D eigenvalue weighted by molar-refractivity contribution is 0.0953. The number of ether oxygens (including phenoxy) is 1. The Labute approximate surface area is 184 Å². The van der Waals surface area contributed by atoms with Crippen LogP contribution in [0.1, 0.15) is 33.2 Å². The summed E-state index contributed by atoms with van der Waals surface area (Å²) in [6, 6.07) is 20.8. The molecular formula is C25H22N2O3S. The van der Waals surface area contributed by atoms with Crippen molar-refractivity contribution in [1.82, 2.24) is 10.3 Å². The van der Waals surface area contributed by atoms with Crippen LogP contribution in [0.2, 0.25) is 0 Å². The van der Waals surface area contributed by atoms with Crippen LogP contribution < -0.4 is 10.1 Å². The van der Waals surface area contributed by atoms with E-state index in [1.54, 1.807) is 26.2 Å². The molecule has 0 aliphatic rings. The van der Waals surface area contributed by atoms with Crippen molar-refractivity contribution in [3.05, 3.63) is 83.4 Å². The predicted molar refractivity (Wildman–Crippen MR) is 124 cm³/mol. The minimum atomic E-state index is -0.107. The van der Waals surface area contributed by atoms with Crippen molar-refractivity contribution in [2.24, 2.45) is 0 Å². The van der Waals surface area contributed by atoms with E-state index < -0.39 is 0 Å². The Bertz CT molecular complexity index is 1250. The second kappa shape index (κ2) is 9.10. The third-order valence-corrected chi connectivity index (χ3v) is 6.09. The van der Waals surface area contributed by atoms with Crippen molar-refractivity contribution >= 4 is 33.2 Å².